The van der Waals surface area contributed by atoms with Crippen LogP contribution in [0.25, 0.3) is 0 Å². The number of amides is 1. The Kier molecular flexibility index (Phi) is 3.49. The summed E-state index contributed by atoms with van der Waals surface area (Å²) in [4.78, 5) is 29.0. The molecule has 0 bridgehead atoms. The van der Waals surface area contributed by atoms with Gasteiger partial charge in [-0.1, -0.05) is 0 Å². The van der Waals surface area contributed by atoms with Crippen LogP contribution in [0.2, 0.25) is 0 Å². The van der Waals surface area contributed by atoms with Crippen molar-refractivity contribution in [2.24, 2.45) is 0 Å². The first kappa shape index (κ1) is 13.8. The largest absolute Gasteiger partial charge is 0.369 e. The number of ether oxygens (including phenoxy) is 1. The highest BCUT2D eigenvalue weighted by atomic mass is 16.5. The first-order valence-corrected chi connectivity index (χ1v) is 6.45. The van der Waals surface area contributed by atoms with Crippen LogP contribution in [0.3, 0.4) is 0 Å². The van der Waals surface area contributed by atoms with Gasteiger partial charge in [0.25, 0.3) is 5.91 Å². The van der Waals surface area contributed by atoms with Gasteiger partial charge in [0, 0.05) is 31.0 Å². The lowest BCUT2D eigenvalue weighted by molar-refractivity contribution is -0.118. The van der Waals surface area contributed by atoms with Crippen LogP contribution in [0.1, 0.15) is 36.7 Å². The Hall–Kier alpha value is -1.62. The second-order valence-electron chi connectivity index (χ2n) is 5.75. The van der Waals surface area contributed by atoms with Crippen molar-refractivity contribution in [3.8, 4) is 0 Å². The third-order valence-corrected chi connectivity index (χ3v) is 3.22. The lowest BCUT2D eigenvalue weighted by Crippen LogP contribution is -2.54. The maximum atomic E-state index is 12.5. The Morgan fingerprint density at radius 3 is 2.79 bits per heavy atom. The zero-order valence-electron chi connectivity index (χ0n) is 11.8. The number of aromatic nitrogens is 1. The standard InChI is InChI=1S/C14H20N2O3/c1-9-5-15-6-11(12(9)17)13(18)16-7-10(2)19-14(3,4)8-16/h5-6,10H,7-8H2,1-4H3,(H,15,17). The summed E-state index contributed by atoms with van der Waals surface area (Å²) in [6.45, 7) is 8.52. The van der Waals surface area contributed by atoms with E-state index in [0.717, 1.165) is 0 Å². The van der Waals surface area contributed by atoms with Gasteiger partial charge in [-0.2, -0.15) is 0 Å². The summed E-state index contributed by atoms with van der Waals surface area (Å²) < 4.78 is 5.76. The number of aryl methyl sites for hydroxylation is 1. The van der Waals surface area contributed by atoms with Crippen LogP contribution in [-0.4, -0.2) is 40.6 Å². The molecule has 1 aromatic heterocycles. The first-order chi connectivity index (χ1) is 8.80. The predicted molar refractivity (Wildman–Crippen MR) is 72.3 cm³/mol. The van der Waals surface area contributed by atoms with Gasteiger partial charge in [-0.05, 0) is 27.7 Å². The molecule has 5 nitrogen and oxygen atoms in total. The highest BCUT2D eigenvalue weighted by Gasteiger charge is 2.34. The van der Waals surface area contributed by atoms with Gasteiger partial charge in [0.2, 0.25) is 0 Å². The number of nitrogens with one attached hydrogen (secondary N) is 1. The summed E-state index contributed by atoms with van der Waals surface area (Å²) >= 11 is 0. The number of carbonyl (C=O) groups is 1. The SMILES string of the molecule is Cc1c[nH]cc(C(=O)N2CC(C)OC(C)(C)C2)c1=O. The fraction of sp³-hybridized carbons (Fsp3) is 0.571. The van der Waals surface area contributed by atoms with Crippen LogP contribution < -0.4 is 5.43 Å². The second-order valence-corrected chi connectivity index (χ2v) is 5.75. The summed E-state index contributed by atoms with van der Waals surface area (Å²) in [5, 5.41) is 0. The van der Waals surface area contributed by atoms with Crippen molar-refractivity contribution in [3.63, 3.8) is 0 Å². The Morgan fingerprint density at radius 2 is 2.16 bits per heavy atom. The fourth-order valence-electron chi connectivity index (χ4n) is 2.53. The zero-order valence-corrected chi connectivity index (χ0v) is 11.8. The van der Waals surface area contributed by atoms with Crippen LogP contribution in [0.5, 0.6) is 0 Å². The lowest BCUT2D eigenvalue weighted by atomic mass is 10.0. The smallest absolute Gasteiger partial charge is 0.259 e. The molecule has 1 aliphatic rings. The molecule has 19 heavy (non-hydrogen) atoms. The number of rotatable bonds is 1. The highest BCUT2D eigenvalue weighted by molar-refractivity contribution is 5.94. The zero-order chi connectivity index (χ0) is 14.2. The predicted octanol–water partition coefficient (Wildman–Crippen LogP) is 1.32. The summed E-state index contributed by atoms with van der Waals surface area (Å²) in [6, 6.07) is 0. The van der Waals surface area contributed by atoms with E-state index in [9.17, 15) is 9.59 Å². The van der Waals surface area contributed by atoms with Gasteiger partial charge in [0.05, 0.1) is 11.7 Å². The summed E-state index contributed by atoms with van der Waals surface area (Å²) in [7, 11) is 0. The van der Waals surface area contributed by atoms with Crippen molar-refractivity contribution < 1.29 is 9.53 Å². The minimum Gasteiger partial charge on any atom is -0.369 e. The Balaban J connectivity index is 2.29. The van der Waals surface area contributed by atoms with Crippen molar-refractivity contribution in [1.82, 2.24) is 9.88 Å². The van der Waals surface area contributed by atoms with E-state index < -0.39 is 0 Å². The van der Waals surface area contributed by atoms with Gasteiger partial charge in [-0.15, -0.1) is 0 Å². The van der Waals surface area contributed by atoms with E-state index in [0.29, 0.717) is 18.7 Å². The molecule has 1 aromatic rings. The molecule has 1 N–H and O–H groups in total. The number of hydrogen-bond acceptors (Lipinski definition) is 3. The normalized spacial score (nSPS) is 22.3. The second kappa shape index (κ2) is 4.81. The van der Waals surface area contributed by atoms with Gasteiger partial charge in [-0.25, -0.2) is 0 Å². The molecule has 5 heteroatoms. The van der Waals surface area contributed by atoms with Crippen molar-refractivity contribution in [2.45, 2.75) is 39.4 Å². The average molecular weight is 264 g/mol. The maximum Gasteiger partial charge on any atom is 0.259 e. The van der Waals surface area contributed by atoms with E-state index in [1.807, 2.05) is 20.8 Å². The number of morpholine rings is 1. The molecule has 1 aliphatic heterocycles. The van der Waals surface area contributed by atoms with Crippen molar-refractivity contribution in [1.29, 1.82) is 0 Å². The van der Waals surface area contributed by atoms with Crippen molar-refractivity contribution >= 4 is 5.91 Å². The molecule has 0 spiro atoms. The van der Waals surface area contributed by atoms with E-state index in [1.165, 1.54) is 6.20 Å². The first-order valence-electron chi connectivity index (χ1n) is 6.45. The number of hydrogen-bond donors (Lipinski definition) is 1. The van der Waals surface area contributed by atoms with E-state index in [1.54, 1.807) is 18.0 Å². The topological polar surface area (TPSA) is 62.4 Å². The summed E-state index contributed by atoms with van der Waals surface area (Å²) in [5.41, 5.74) is 0.154. The minimum atomic E-state index is -0.385. The molecule has 104 valence electrons. The molecule has 1 atom stereocenters. The molecule has 1 saturated heterocycles. The number of nitrogens with zero attached hydrogens (tertiary/aromatic N) is 1. The van der Waals surface area contributed by atoms with Crippen molar-refractivity contribution in [2.75, 3.05) is 13.1 Å². The number of H-pyrrole nitrogens is 1. The fourth-order valence-corrected chi connectivity index (χ4v) is 2.53. The minimum absolute atomic E-state index is 0.0309. The molecule has 2 rings (SSSR count). The van der Waals surface area contributed by atoms with E-state index in [2.05, 4.69) is 4.98 Å². The molecule has 1 fully saturated rings. The highest BCUT2D eigenvalue weighted by Crippen LogP contribution is 2.21. The molecule has 1 unspecified atom stereocenters. The van der Waals surface area contributed by atoms with Crippen LogP contribution in [-0.2, 0) is 4.74 Å². The third-order valence-electron chi connectivity index (χ3n) is 3.22. The number of carbonyl (C=O) groups excluding carboxylic acids is 1. The van der Waals surface area contributed by atoms with E-state index >= 15 is 0 Å². The Bertz CT molecular complexity index is 548. The van der Waals surface area contributed by atoms with Gasteiger partial charge < -0.3 is 14.6 Å². The van der Waals surface area contributed by atoms with Crippen LogP contribution in [0.15, 0.2) is 17.2 Å². The molecule has 0 saturated carbocycles. The quantitative estimate of drug-likeness (QED) is 0.832. The van der Waals surface area contributed by atoms with Crippen molar-refractivity contribution in [3.05, 3.63) is 33.7 Å². The van der Waals surface area contributed by atoms with Gasteiger partial charge in [0.15, 0.2) is 5.43 Å². The van der Waals surface area contributed by atoms with E-state index in [4.69, 9.17) is 4.74 Å². The summed E-state index contributed by atoms with van der Waals surface area (Å²) in [5.74, 6) is -0.229. The molecule has 1 amide bonds. The molecular weight excluding hydrogens is 244 g/mol. The Labute approximate surface area is 112 Å². The average Bonchev–Trinajstić information content (AvgIpc) is 2.29. The number of aromatic amines is 1. The van der Waals surface area contributed by atoms with Crippen LogP contribution in [0.4, 0.5) is 0 Å². The molecule has 0 radical (unpaired) electrons. The molecule has 2 heterocycles. The Morgan fingerprint density at radius 1 is 1.47 bits per heavy atom. The van der Waals surface area contributed by atoms with Gasteiger partial charge in [0.1, 0.15) is 5.56 Å². The molecule has 0 aliphatic carbocycles. The van der Waals surface area contributed by atoms with E-state index in [-0.39, 0.29) is 28.6 Å². The monoisotopic (exact) mass is 264 g/mol. The lowest BCUT2D eigenvalue weighted by Gasteiger charge is -2.41. The van der Waals surface area contributed by atoms with Gasteiger partial charge >= 0.3 is 0 Å². The van der Waals surface area contributed by atoms with Crippen LogP contribution >= 0.6 is 0 Å². The van der Waals surface area contributed by atoms with Crippen LogP contribution in [0, 0.1) is 6.92 Å². The van der Waals surface area contributed by atoms with Gasteiger partial charge in [-0.3, -0.25) is 9.59 Å². The molecule has 0 aromatic carbocycles. The summed E-state index contributed by atoms with van der Waals surface area (Å²) in [6.07, 6.45) is 3.05. The number of pyridine rings is 1. The maximum absolute atomic E-state index is 12.5. The third kappa shape index (κ3) is 2.87. The molecular formula is C14H20N2O3.